The quantitative estimate of drug-likeness (QED) is 0.536. The molecule has 5 rings (SSSR count). The number of hydrogen-bond donors (Lipinski definition) is 3. The average molecular weight is 465 g/mol. The van der Waals surface area contributed by atoms with Gasteiger partial charge in [-0.15, -0.1) is 11.3 Å². The second kappa shape index (κ2) is 8.61. The fraction of sp³-hybridized carbons (Fsp3) is 0.375. The third-order valence-electron chi connectivity index (χ3n) is 6.49. The lowest BCUT2D eigenvalue weighted by Gasteiger charge is -2.35. The minimum absolute atomic E-state index is 0.250. The van der Waals surface area contributed by atoms with Gasteiger partial charge in [-0.2, -0.15) is 5.26 Å². The molecule has 2 bridgehead atoms. The Kier molecular flexibility index (Phi) is 5.64. The van der Waals surface area contributed by atoms with Gasteiger partial charge in [-0.3, -0.25) is 4.79 Å². The number of benzene rings is 1. The first-order valence-electron chi connectivity index (χ1n) is 11.1. The average Bonchev–Trinajstić information content (AvgIpc) is 3.31. The van der Waals surface area contributed by atoms with E-state index in [0.717, 1.165) is 35.7 Å². The molecule has 7 nitrogen and oxygen atoms in total. The van der Waals surface area contributed by atoms with E-state index in [2.05, 4.69) is 26.6 Å². The molecule has 1 aromatic carbocycles. The molecule has 0 spiro atoms. The standard InChI is InChI=1S/C24H25FN6OS/c1-13-19(25)9-18-21(27)22(33-24(18)29-13)23(32)28-7-6-14-2-5-20(15(8-14)10-26)31-11-16-3-4-17(12-31)30-16/h2,5,8-9,16-17,30H,3-4,6-7,11-12,27H2,1H3,(H,28,32). The number of carbonyl (C=O) groups is 1. The van der Waals surface area contributed by atoms with E-state index in [4.69, 9.17) is 5.73 Å². The first-order valence-corrected chi connectivity index (χ1v) is 11.9. The Hall–Kier alpha value is -3.22. The maximum atomic E-state index is 13.8. The number of carbonyl (C=O) groups excluding carboxylic acids is 1. The molecule has 33 heavy (non-hydrogen) atoms. The predicted molar refractivity (Wildman–Crippen MR) is 128 cm³/mol. The topological polar surface area (TPSA) is 107 Å². The van der Waals surface area contributed by atoms with Crippen molar-refractivity contribution >= 4 is 38.8 Å². The Labute approximate surface area is 195 Å². The van der Waals surface area contributed by atoms with Crippen molar-refractivity contribution < 1.29 is 9.18 Å². The molecule has 2 unspecified atom stereocenters. The van der Waals surface area contributed by atoms with Crippen LogP contribution >= 0.6 is 11.3 Å². The first-order chi connectivity index (χ1) is 15.9. The number of nitrogens with zero attached hydrogens (tertiary/aromatic N) is 3. The molecule has 1 amide bonds. The van der Waals surface area contributed by atoms with E-state index in [0.29, 0.717) is 45.7 Å². The molecule has 4 heterocycles. The van der Waals surface area contributed by atoms with Crippen molar-refractivity contribution in [2.75, 3.05) is 30.3 Å². The largest absolute Gasteiger partial charge is 0.397 e. The molecular weight excluding hydrogens is 439 g/mol. The minimum atomic E-state index is -0.441. The van der Waals surface area contributed by atoms with Crippen molar-refractivity contribution in [3.63, 3.8) is 0 Å². The van der Waals surface area contributed by atoms with Crippen molar-refractivity contribution in [1.29, 1.82) is 5.26 Å². The number of pyridine rings is 1. The molecule has 0 radical (unpaired) electrons. The van der Waals surface area contributed by atoms with Gasteiger partial charge in [-0.1, -0.05) is 6.07 Å². The number of aromatic nitrogens is 1. The maximum absolute atomic E-state index is 13.8. The lowest BCUT2D eigenvalue weighted by Crippen LogP contribution is -2.51. The number of anilines is 2. The van der Waals surface area contributed by atoms with Gasteiger partial charge in [0.05, 0.1) is 22.6 Å². The van der Waals surface area contributed by atoms with Gasteiger partial charge in [-0.05, 0) is 49.9 Å². The molecule has 4 N–H and O–H groups in total. The summed E-state index contributed by atoms with van der Waals surface area (Å²) in [7, 11) is 0. The number of hydrogen-bond acceptors (Lipinski definition) is 7. The van der Waals surface area contributed by atoms with Gasteiger partial charge < -0.3 is 21.3 Å². The number of nitrogens with two attached hydrogens (primary N) is 1. The van der Waals surface area contributed by atoms with Gasteiger partial charge in [0, 0.05) is 37.1 Å². The second-order valence-electron chi connectivity index (χ2n) is 8.77. The molecular formula is C24H25FN6OS. The number of aryl methyl sites for hydroxylation is 1. The fourth-order valence-electron chi connectivity index (χ4n) is 4.77. The summed E-state index contributed by atoms with van der Waals surface area (Å²) >= 11 is 1.16. The highest BCUT2D eigenvalue weighted by molar-refractivity contribution is 7.21. The number of fused-ring (bicyclic) bond motifs is 3. The van der Waals surface area contributed by atoms with Gasteiger partial charge in [0.1, 0.15) is 21.6 Å². The van der Waals surface area contributed by atoms with E-state index in [1.165, 1.54) is 18.9 Å². The van der Waals surface area contributed by atoms with Gasteiger partial charge in [-0.25, -0.2) is 9.37 Å². The molecule has 0 aliphatic carbocycles. The predicted octanol–water partition coefficient (Wildman–Crippen LogP) is 3.11. The van der Waals surface area contributed by atoms with Crippen LogP contribution in [-0.2, 0) is 6.42 Å². The van der Waals surface area contributed by atoms with Gasteiger partial charge in [0.2, 0.25) is 0 Å². The Bertz CT molecular complexity index is 1270. The third kappa shape index (κ3) is 4.12. The highest BCUT2D eigenvalue weighted by atomic mass is 32.1. The summed E-state index contributed by atoms with van der Waals surface area (Å²) < 4.78 is 13.8. The summed E-state index contributed by atoms with van der Waals surface area (Å²) in [5, 5.41) is 16.7. The van der Waals surface area contributed by atoms with E-state index in [1.54, 1.807) is 6.92 Å². The Morgan fingerprint density at radius 3 is 2.85 bits per heavy atom. The zero-order valence-corrected chi connectivity index (χ0v) is 19.1. The number of nitrogen functional groups attached to an aromatic ring is 1. The minimum Gasteiger partial charge on any atom is -0.397 e. The number of amides is 1. The number of piperazine rings is 1. The zero-order valence-electron chi connectivity index (χ0n) is 18.3. The zero-order chi connectivity index (χ0) is 23.1. The fourth-order valence-corrected chi connectivity index (χ4v) is 5.81. The van der Waals surface area contributed by atoms with Crippen molar-refractivity contribution in [2.24, 2.45) is 0 Å². The van der Waals surface area contributed by atoms with Crippen LogP contribution in [-0.4, -0.2) is 42.6 Å². The summed E-state index contributed by atoms with van der Waals surface area (Å²) in [6.07, 6.45) is 2.97. The van der Waals surface area contributed by atoms with E-state index >= 15 is 0 Å². The summed E-state index contributed by atoms with van der Waals surface area (Å²) in [5.74, 6) is -0.744. The number of thiophene rings is 1. The van der Waals surface area contributed by atoms with Gasteiger partial charge >= 0.3 is 0 Å². The van der Waals surface area contributed by atoms with Crippen LogP contribution in [0.15, 0.2) is 24.3 Å². The van der Waals surface area contributed by atoms with Gasteiger partial charge in [0.15, 0.2) is 0 Å². The van der Waals surface area contributed by atoms with Crippen LogP contribution in [0.4, 0.5) is 15.8 Å². The molecule has 0 saturated carbocycles. The Morgan fingerprint density at radius 1 is 1.36 bits per heavy atom. The molecule has 2 atom stereocenters. The lowest BCUT2D eigenvalue weighted by atomic mass is 10.0. The summed E-state index contributed by atoms with van der Waals surface area (Å²) in [6.45, 7) is 3.83. The first kappa shape index (κ1) is 21.6. The van der Waals surface area contributed by atoms with E-state index in [-0.39, 0.29) is 17.3 Å². The number of nitrogens with one attached hydrogen (secondary N) is 2. The van der Waals surface area contributed by atoms with Gasteiger partial charge in [0.25, 0.3) is 5.91 Å². The number of rotatable bonds is 5. The van der Waals surface area contributed by atoms with Crippen LogP contribution in [0.1, 0.15) is 39.3 Å². The monoisotopic (exact) mass is 464 g/mol. The third-order valence-corrected chi connectivity index (χ3v) is 7.61. The van der Waals surface area contributed by atoms with Crippen LogP contribution in [0.2, 0.25) is 0 Å². The number of nitriles is 1. The van der Waals surface area contributed by atoms with Crippen molar-refractivity contribution in [3.8, 4) is 6.07 Å². The maximum Gasteiger partial charge on any atom is 0.263 e. The molecule has 2 fully saturated rings. The van der Waals surface area contributed by atoms with Crippen LogP contribution in [0, 0.1) is 24.1 Å². The molecule has 2 aliphatic rings. The highest BCUT2D eigenvalue weighted by Gasteiger charge is 2.32. The number of halogens is 1. The lowest BCUT2D eigenvalue weighted by molar-refractivity contribution is 0.0959. The summed E-state index contributed by atoms with van der Waals surface area (Å²) in [5.41, 5.74) is 9.25. The van der Waals surface area contributed by atoms with Crippen LogP contribution in [0.5, 0.6) is 0 Å². The van der Waals surface area contributed by atoms with Crippen LogP contribution in [0.3, 0.4) is 0 Å². The summed E-state index contributed by atoms with van der Waals surface area (Å²) in [6, 6.07) is 10.6. The normalized spacial score (nSPS) is 19.6. The molecule has 2 aromatic heterocycles. The molecule has 2 aliphatic heterocycles. The van der Waals surface area contributed by atoms with Crippen molar-refractivity contribution in [2.45, 2.75) is 38.3 Å². The summed E-state index contributed by atoms with van der Waals surface area (Å²) in [4.78, 5) is 20.1. The molecule has 2 saturated heterocycles. The highest BCUT2D eigenvalue weighted by Crippen LogP contribution is 2.33. The van der Waals surface area contributed by atoms with E-state index in [1.807, 2.05) is 18.2 Å². The molecule has 170 valence electrons. The molecule has 9 heteroatoms. The van der Waals surface area contributed by atoms with E-state index in [9.17, 15) is 14.4 Å². The molecule has 3 aromatic rings. The van der Waals surface area contributed by atoms with E-state index < -0.39 is 5.82 Å². The van der Waals surface area contributed by atoms with Crippen molar-refractivity contribution in [3.05, 3.63) is 51.8 Å². The van der Waals surface area contributed by atoms with Crippen LogP contribution in [0.25, 0.3) is 10.2 Å². The Balaban J connectivity index is 1.25. The van der Waals surface area contributed by atoms with Crippen LogP contribution < -0.4 is 21.3 Å². The Morgan fingerprint density at radius 2 is 2.12 bits per heavy atom. The van der Waals surface area contributed by atoms with Crippen molar-refractivity contribution in [1.82, 2.24) is 15.6 Å². The smallest absolute Gasteiger partial charge is 0.263 e. The second-order valence-corrected chi connectivity index (χ2v) is 9.76. The SMILES string of the molecule is Cc1nc2sc(C(=O)NCCc3ccc(N4CC5CCC(C4)N5)c(C#N)c3)c(N)c2cc1F.